The van der Waals surface area contributed by atoms with Crippen molar-refractivity contribution in [2.45, 2.75) is 37.8 Å². The third kappa shape index (κ3) is 0.777. The van der Waals surface area contributed by atoms with Gasteiger partial charge in [-0.25, -0.2) is 0 Å². The van der Waals surface area contributed by atoms with E-state index in [0.29, 0.717) is 18.6 Å². The highest BCUT2D eigenvalue weighted by Crippen LogP contribution is 2.31. The van der Waals surface area contributed by atoms with Crippen LogP contribution in [0.2, 0.25) is 0 Å². The lowest BCUT2D eigenvalue weighted by Crippen LogP contribution is -2.40. The van der Waals surface area contributed by atoms with Crippen LogP contribution in [-0.4, -0.2) is 28.1 Å². The van der Waals surface area contributed by atoms with Crippen molar-refractivity contribution in [2.75, 3.05) is 0 Å². The molecule has 3 nitrogen and oxygen atoms in total. The lowest BCUT2D eigenvalue weighted by atomic mass is 10.0. The summed E-state index contributed by atoms with van der Waals surface area (Å²) in [5, 5.41) is 10.7. The molecule has 2 heterocycles. The van der Waals surface area contributed by atoms with E-state index in [0.717, 1.165) is 12.8 Å². The van der Waals surface area contributed by atoms with E-state index in [1.165, 1.54) is 5.06 Å². The Morgan fingerprint density at radius 2 is 1.80 bits per heavy atom. The van der Waals surface area contributed by atoms with Gasteiger partial charge in [-0.05, 0) is 12.8 Å². The molecular formula is C7H11NO2. The van der Waals surface area contributed by atoms with Crippen molar-refractivity contribution in [3.05, 3.63) is 0 Å². The number of fused-ring (bicyclic) bond motifs is 2. The van der Waals surface area contributed by atoms with Crippen molar-refractivity contribution in [1.29, 1.82) is 0 Å². The van der Waals surface area contributed by atoms with Crippen LogP contribution in [0.25, 0.3) is 0 Å². The van der Waals surface area contributed by atoms with E-state index >= 15 is 0 Å². The third-order valence-electron chi connectivity index (χ3n) is 2.51. The first-order chi connectivity index (χ1) is 4.77. The molecule has 0 amide bonds. The summed E-state index contributed by atoms with van der Waals surface area (Å²) in [4.78, 5) is 10.9. The fourth-order valence-electron chi connectivity index (χ4n) is 1.95. The molecule has 2 bridgehead atoms. The molecule has 0 spiro atoms. The number of piperidine rings is 1. The van der Waals surface area contributed by atoms with E-state index in [4.69, 9.17) is 0 Å². The number of carbonyl (C=O) groups excluding carboxylic acids is 1. The van der Waals surface area contributed by atoms with E-state index in [9.17, 15) is 10.0 Å². The van der Waals surface area contributed by atoms with Gasteiger partial charge in [0.2, 0.25) is 0 Å². The largest absolute Gasteiger partial charge is 0.313 e. The van der Waals surface area contributed by atoms with Gasteiger partial charge < -0.3 is 5.21 Å². The molecule has 2 saturated heterocycles. The third-order valence-corrected chi connectivity index (χ3v) is 2.51. The summed E-state index contributed by atoms with van der Waals surface area (Å²) >= 11 is 0. The van der Waals surface area contributed by atoms with Crippen LogP contribution >= 0.6 is 0 Å². The van der Waals surface area contributed by atoms with Crippen molar-refractivity contribution in [3.63, 3.8) is 0 Å². The molecule has 2 unspecified atom stereocenters. The minimum absolute atomic E-state index is 0.145. The lowest BCUT2D eigenvalue weighted by molar-refractivity contribution is -0.161. The molecule has 56 valence electrons. The Kier molecular flexibility index (Phi) is 1.28. The normalized spacial score (nSPS) is 40.7. The fraction of sp³-hybridized carbons (Fsp3) is 0.857. The number of hydroxylamine groups is 2. The molecule has 10 heavy (non-hydrogen) atoms. The van der Waals surface area contributed by atoms with Gasteiger partial charge in [0.25, 0.3) is 0 Å². The average Bonchev–Trinajstić information content (AvgIpc) is 2.20. The molecule has 3 heteroatoms. The van der Waals surface area contributed by atoms with E-state index < -0.39 is 0 Å². The molecule has 2 rings (SSSR count). The summed E-state index contributed by atoms with van der Waals surface area (Å²) in [6.45, 7) is 0. The van der Waals surface area contributed by atoms with Crippen molar-refractivity contribution in [1.82, 2.24) is 5.06 Å². The fourth-order valence-corrected chi connectivity index (χ4v) is 1.95. The van der Waals surface area contributed by atoms with Crippen LogP contribution in [0.5, 0.6) is 0 Å². The van der Waals surface area contributed by atoms with E-state index in [2.05, 4.69) is 0 Å². The Morgan fingerprint density at radius 3 is 2.30 bits per heavy atom. The molecule has 2 atom stereocenters. The molecule has 2 aliphatic rings. The zero-order valence-corrected chi connectivity index (χ0v) is 5.79. The van der Waals surface area contributed by atoms with Gasteiger partial charge in [0.1, 0.15) is 5.78 Å². The maximum absolute atomic E-state index is 10.9. The van der Waals surface area contributed by atoms with Gasteiger partial charge in [0, 0.05) is 24.9 Å². The Bertz CT molecular complexity index is 153. The number of carbonyl (C=O) groups is 1. The number of hydrogen-bond donors (Lipinski definition) is 1. The number of Topliss-reactive ketones (excluding diaryl/α,β-unsaturated/α-hetero) is 1. The number of ketones is 1. The standard InChI is InChI=1S/C7H11NO2/c9-7-3-5-1-2-6(4-7)8(5)10/h5-6,10H,1-4H2. The van der Waals surface area contributed by atoms with Gasteiger partial charge in [0.05, 0.1) is 0 Å². The van der Waals surface area contributed by atoms with E-state index in [-0.39, 0.29) is 12.1 Å². The number of hydrogen-bond acceptors (Lipinski definition) is 3. The van der Waals surface area contributed by atoms with Crippen molar-refractivity contribution in [3.8, 4) is 0 Å². The minimum Gasteiger partial charge on any atom is -0.313 e. The second-order valence-electron chi connectivity index (χ2n) is 3.21. The lowest BCUT2D eigenvalue weighted by Gasteiger charge is -2.27. The van der Waals surface area contributed by atoms with Gasteiger partial charge in [-0.2, -0.15) is 5.06 Å². The molecule has 0 saturated carbocycles. The second-order valence-corrected chi connectivity index (χ2v) is 3.21. The number of rotatable bonds is 0. The molecular weight excluding hydrogens is 130 g/mol. The Balaban J connectivity index is 2.16. The zero-order chi connectivity index (χ0) is 7.14. The predicted molar refractivity (Wildman–Crippen MR) is 34.7 cm³/mol. The molecule has 0 aliphatic carbocycles. The van der Waals surface area contributed by atoms with Gasteiger partial charge in [-0.1, -0.05) is 0 Å². The smallest absolute Gasteiger partial charge is 0.136 e. The maximum atomic E-state index is 10.9. The van der Waals surface area contributed by atoms with Gasteiger partial charge in [0.15, 0.2) is 0 Å². The highest BCUT2D eigenvalue weighted by atomic mass is 16.5. The van der Waals surface area contributed by atoms with Crippen molar-refractivity contribution in [2.24, 2.45) is 0 Å². The SMILES string of the molecule is O=C1CC2CCC(C1)N2O. The van der Waals surface area contributed by atoms with E-state index in [1.807, 2.05) is 0 Å². The summed E-state index contributed by atoms with van der Waals surface area (Å²) in [7, 11) is 0. The molecule has 2 fully saturated rings. The second kappa shape index (κ2) is 2.04. The monoisotopic (exact) mass is 141 g/mol. The molecule has 0 aromatic heterocycles. The maximum Gasteiger partial charge on any atom is 0.136 e. The summed E-state index contributed by atoms with van der Waals surface area (Å²) in [5.74, 6) is 0.317. The van der Waals surface area contributed by atoms with Crippen LogP contribution in [0, 0.1) is 0 Å². The highest BCUT2D eigenvalue weighted by Gasteiger charge is 2.39. The molecule has 2 aliphatic heterocycles. The van der Waals surface area contributed by atoms with Gasteiger partial charge in [-0.3, -0.25) is 4.79 Å². The molecule has 1 N–H and O–H groups in total. The van der Waals surface area contributed by atoms with Crippen molar-refractivity contribution >= 4 is 5.78 Å². The van der Waals surface area contributed by atoms with Crippen LogP contribution in [0.4, 0.5) is 0 Å². The van der Waals surface area contributed by atoms with Crippen LogP contribution in [0.1, 0.15) is 25.7 Å². The summed E-state index contributed by atoms with van der Waals surface area (Å²) in [6, 6.07) is 0.289. The molecule has 0 radical (unpaired) electrons. The van der Waals surface area contributed by atoms with Crippen LogP contribution in [0.3, 0.4) is 0 Å². The predicted octanol–water partition coefficient (Wildman–Crippen LogP) is 0.572. The van der Waals surface area contributed by atoms with Crippen molar-refractivity contribution < 1.29 is 10.0 Å². The Morgan fingerprint density at radius 1 is 1.30 bits per heavy atom. The highest BCUT2D eigenvalue weighted by molar-refractivity contribution is 5.80. The average molecular weight is 141 g/mol. The van der Waals surface area contributed by atoms with Crippen LogP contribution < -0.4 is 0 Å². The number of nitrogens with zero attached hydrogens (tertiary/aromatic N) is 1. The Hall–Kier alpha value is -0.410. The summed E-state index contributed by atoms with van der Waals surface area (Å²) in [5.41, 5.74) is 0. The minimum atomic E-state index is 0.145. The molecule has 0 aromatic rings. The van der Waals surface area contributed by atoms with Gasteiger partial charge >= 0.3 is 0 Å². The van der Waals surface area contributed by atoms with Crippen LogP contribution in [-0.2, 0) is 4.79 Å². The van der Waals surface area contributed by atoms with Gasteiger partial charge in [-0.15, -0.1) is 0 Å². The quantitative estimate of drug-likeness (QED) is 0.536. The summed E-state index contributed by atoms with van der Waals surface area (Å²) < 4.78 is 0. The molecule has 0 aromatic carbocycles. The topological polar surface area (TPSA) is 40.5 Å². The van der Waals surface area contributed by atoms with E-state index in [1.54, 1.807) is 0 Å². The first kappa shape index (κ1) is 6.31. The zero-order valence-electron chi connectivity index (χ0n) is 5.79. The van der Waals surface area contributed by atoms with Crippen LogP contribution in [0.15, 0.2) is 0 Å². The summed E-state index contributed by atoms with van der Waals surface area (Å²) in [6.07, 6.45) is 3.11. The first-order valence-corrected chi connectivity index (χ1v) is 3.76. The Labute approximate surface area is 59.6 Å². The first-order valence-electron chi connectivity index (χ1n) is 3.76.